The van der Waals surface area contributed by atoms with E-state index in [0.29, 0.717) is 5.69 Å². The van der Waals surface area contributed by atoms with E-state index in [1.54, 1.807) is 0 Å². The topological polar surface area (TPSA) is 49.3 Å². The molecule has 2 aliphatic heterocycles. The van der Waals surface area contributed by atoms with Crippen molar-refractivity contribution in [2.24, 2.45) is 0 Å². The van der Waals surface area contributed by atoms with E-state index >= 15 is 0 Å². The number of nitrogens with zero attached hydrogens (tertiary/aromatic N) is 4. The first-order valence-electron chi connectivity index (χ1n) is 7.22. The van der Waals surface area contributed by atoms with Crippen molar-refractivity contribution < 1.29 is 4.79 Å². The lowest BCUT2D eigenvalue weighted by molar-refractivity contribution is 0.0717. The zero-order valence-electron chi connectivity index (χ0n) is 11.2. The molecule has 102 valence electrons. The first-order valence-corrected chi connectivity index (χ1v) is 7.22. The zero-order chi connectivity index (χ0) is 13.1. The maximum atomic E-state index is 12.2. The van der Waals surface area contributed by atoms with Crippen LogP contribution in [0, 0.1) is 0 Å². The van der Waals surface area contributed by atoms with Gasteiger partial charge in [-0.2, -0.15) is 0 Å². The number of hydrogen-bond donors (Lipinski definition) is 0. The van der Waals surface area contributed by atoms with Crippen molar-refractivity contribution in [1.29, 1.82) is 0 Å². The third-order valence-electron chi connectivity index (χ3n) is 3.94. The SMILES string of the molecule is O=C(c1ccc(N2CCCC2)nn1)N1CCCCC1. The Labute approximate surface area is 113 Å². The second kappa shape index (κ2) is 5.55. The smallest absolute Gasteiger partial charge is 0.274 e. The van der Waals surface area contributed by atoms with Gasteiger partial charge in [-0.3, -0.25) is 4.79 Å². The number of likely N-dealkylation sites (tertiary alicyclic amines) is 1. The van der Waals surface area contributed by atoms with E-state index in [0.717, 1.165) is 44.8 Å². The van der Waals surface area contributed by atoms with Crippen LogP contribution in [0.5, 0.6) is 0 Å². The molecule has 1 aromatic rings. The lowest BCUT2D eigenvalue weighted by atomic mass is 10.1. The Balaban J connectivity index is 1.69. The third kappa shape index (κ3) is 2.69. The Morgan fingerprint density at radius 1 is 0.895 bits per heavy atom. The van der Waals surface area contributed by atoms with E-state index < -0.39 is 0 Å². The van der Waals surface area contributed by atoms with Crippen molar-refractivity contribution in [2.75, 3.05) is 31.1 Å². The van der Waals surface area contributed by atoms with Crippen LogP contribution >= 0.6 is 0 Å². The van der Waals surface area contributed by atoms with Crippen molar-refractivity contribution in [3.63, 3.8) is 0 Å². The van der Waals surface area contributed by atoms with E-state index in [1.807, 2.05) is 17.0 Å². The molecule has 1 amide bonds. The van der Waals surface area contributed by atoms with Gasteiger partial charge in [0.05, 0.1) is 0 Å². The monoisotopic (exact) mass is 260 g/mol. The fourth-order valence-corrected chi connectivity index (χ4v) is 2.81. The molecule has 0 unspecified atom stereocenters. The molecule has 0 radical (unpaired) electrons. The van der Waals surface area contributed by atoms with Crippen LogP contribution in [0.4, 0.5) is 5.82 Å². The van der Waals surface area contributed by atoms with Crippen molar-refractivity contribution >= 4 is 11.7 Å². The van der Waals surface area contributed by atoms with Gasteiger partial charge in [0.15, 0.2) is 11.5 Å². The molecule has 0 atom stereocenters. The Hall–Kier alpha value is -1.65. The van der Waals surface area contributed by atoms with Crippen molar-refractivity contribution in [1.82, 2.24) is 15.1 Å². The number of rotatable bonds is 2. The molecule has 0 aromatic carbocycles. The summed E-state index contributed by atoms with van der Waals surface area (Å²) in [6.07, 6.45) is 5.87. The van der Waals surface area contributed by atoms with Gasteiger partial charge in [0.25, 0.3) is 5.91 Å². The molecule has 3 heterocycles. The second-order valence-electron chi connectivity index (χ2n) is 5.32. The molecule has 0 aliphatic carbocycles. The number of hydrogen-bond acceptors (Lipinski definition) is 4. The minimum Gasteiger partial charge on any atom is -0.355 e. The minimum absolute atomic E-state index is 0.0279. The zero-order valence-corrected chi connectivity index (χ0v) is 11.2. The largest absolute Gasteiger partial charge is 0.355 e. The summed E-state index contributed by atoms with van der Waals surface area (Å²) in [7, 11) is 0. The van der Waals surface area contributed by atoms with Gasteiger partial charge in [0.1, 0.15) is 0 Å². The minimum atomic E-state index is 0.0279. The quantitative estimate of drug-likeness (QED) is 0.812. The molecule has 0 N–H and O–H groups in total. The van der Waals surface area contributed by atoms with Crippen molar-refractivity contribution in [3.8, 4) is 0 Å². The van der Waals surface area contributed by atoms with Gasteiger partial charge in [-0.05, 0) is 44.2 Å². The number of carbonyl (C=O) groups excluding carboxylic acids is 1. The fraction of sp³-hybridized carbons (Fsp3) is 0.643. The van der Waals surface area contributed by atoms with Gasteiger partial charge >= 0.3 is 0 Å². The van der Waals surface area contributed by atoms with Crippen LogP contribution in [0.2, 0.25) is 0 Å². The second-order valence-corrected chi connectivity index (χ2v) is 5.32. The highest BCUT2D eigenvalue weighted by atomic mass is 16.2. The first-order chi connectivity index (χ1) is 9.34. The number of carbonyl (C=O) groups is 1. The highest BCUT2D eigenvalue weighted by Gasteiger charge is 2.20. The highest BCUT2D eigenvalue weighted by Crippen LogP contribution is 2.17. The van der Waals surface area contributed by atoms with Crippen LogP contribution < -0.4 is 4.90 Å². The highest BCUT2D eigenvalue weighted by molar-refractivity contribution is 5.92. The van der Waals surface area contributed by atoms with Crippen LogP contribution in [0.3, 0.4) is 0 Å². The molecule has 1 aromatic heterocycles. The fourth-order valence-electron chi connectivity index (χ4n) is 2.81. The molecule has 2 fully saturated rings. The molecule has 2 saturated heterocycles. The first kappa shape index (κ1) is 12.4. The van der Waals surface area contributed by atoms with Crippen LogP contribution in [-0.2, 0) is 0 Å². The summed E-state index contributed by atoms with van der Waals surface area (Å²) in [4.78, 5) is 16.4. The predicted molar refractivity (Wildman–Crippen MR) is 73.2 cm³/mol. The molecule has 3 rings (SSSR count). The van der Waals surface area contributed by atoms with Crippen LogP contribution in [-0.4, -0.2) is 47.2 Å². The molecular weight excluding hydrogens is 240 g/mol. The van der Waals surface area contributed by atoms with Crippen molar-refractivity contribution in [2.45, 2.75) is 32.1 Å². The number of aromatic nitrogens is 2. The van der Waals surface area contributed by atoms with E-state index in [1.165, 1.54) is 19.3 Å². The van der Waals surface area contributed by atoms with Gasteiger partial charge in [0, 0.05) is 26.2 Å². The standard InChI is InChI=1S/C14H20N4O/c19-14(18-10-2-1-3-11-18)12-6-7-13(16-15-12)17-8-4-5-9-17/h6-7H,1-5,8-11H2. The van der Waals surface area contributed by atoms with Gasteiger partial charge in [0.2, 0.25) is 0 Å². The summed E-state index contributed by atoms with van der Waals surface area (Å²) in [5.41, 5.74) is 0.477. The summed E-state index contributed by atoms with van der Waals surface area (Å²) in [6, 6.07) is 3.74. The Bertz CT molecular complexity index is 433. The molecule has 2 aliphatic rings. The Kier molecular flexibility index (Phi) is 3.62. The molecule has 0 saturated carbocycles. The number of anilines is 1. The van der Waals surface area contributed by atoms with E-state index in [-0.39, 0.29) is 5.91 Å². The molecule has 5 heteroatoms. The summed E-state index contributed by atoms with van der Waals surface area (Å²) >= 11 is 0. The van der Waals surface area contributed by atoms with E-state index in [2.05, 4.69) is 15.1 Å². The Morgan fingerprint density at radius 2 is 1.58 bits per heavy atom. The maximum Gasteiger partial charge on any atom is 0.274 e. The lowest BCUT2D eigenvalue weighted by Crippen LogP contribution is -2.36. The molecule has 0 spiro atoms. The number of piperidine rings is 1. The van der Waals surface area contributed by atoms with E-state index in [4.69, 9.17) is 0 Å². The Morgan fingerprint density at radius 3 is 2.21 bits per heavy atom. The average Bonchev–Trinajstić information content (AvgIpc) is 3.02. The summed E-state index contributed by atoms with van der Waals surface area (Å²) < 4.78 is 0. The molecule has 19 heavy (non-hydrogen) atoms. The lowest BCUT2D eigenvalue weighted by Gasteiger charge is -2.26. The van der Waals surface area contributed by atoms with Gasteiger partial charge in [-0.1, -0.05) is 0 Å². The molecule has 0 bridgehead atoms. The van der Waals surface area contributed by atoms with Crippen molar-refractivity contribution in [3.05, 3.63) is 17.8 Å². The van der Waals surface area contributed by atoms with Crippen LogP contribution in [0.25, 0.3) is 0 Å². The summed E-state index contributed by atoms with van der Waals surface area (Å²) in [5, 5.41) is 8.32. The average molecular weight is 260 g/mol. The molecular formula is C14H20N4O. The van der Waals surface area contributed by atoms with Crippen LogP contribution in [0.1, 0.15) is 42.6 Å². The van der Waals surface area contributed by atoms with Gasteiger partial charge < -0.3 is 9.80 Å². The predicted octanol–water partition coefficient (Wildman–Crippen LogP) is 1.70. The summed E-state index contributed by atoms with van der Waals surface area (Å²) in [5.74, 6) is 0.924. The maximum absolute atomic E-state index is 12.2. The summed E-state index contributed by atoms with van der Waals surface area (Å²) in [6.45, 7) is 3.81. The van der Waals surface area contributed by atoms with Gasteiger partial charge in [-0.15, -0.1) is 10.2 Å². The normalized spacial score (nSPS) is 19.8. The molecule has 5 nitrogen and oxygen atoms in total. The number of amides is 1. The third-order valence-corrected chi connectivity index (χ3v) is 3.94. The van der Waals surface area contributed by atoms with Crippen LogP contribution in [0.15, 0.2) is 12.1 Å². The van der Waals surface area contributed by atoms with E-state index in [9.17, 15) is 4.79 Å². The van der Waals surface area contributed by atoms with Gasteiger partial charge in [-0.25, -0.2) is 0 Å².